The summed E-state index contributed by atoms with van der Waals surface area (Å²) in [6, 6.07) is 19.2. The van der Waals surface area contributed by atoms with Gasteiger partial charge in [-0.3, -0.25) is 9.10 Å². The van der Waals surface area contributed by atoms with E-state index >= 15 is 0 Å². The maximum absolute atomic E-state index is 13.0. The molecule has 0 radical (unpaired) electrons. The van der Waals surface area contributed by atoms with Crippen LogP contribution in [0.25, 0.3) is 0 Å². The number of carbonyl (C=O) groups excluding carboxylic acids is 2. The van der Waals surface area contributed by atoms with Crippen LogP contribution in [0.3, 0.4) is 0 Å². The summed E-state index contributed by atoms with van der Waals surface area (Å²) in [6.45, 7) is 0.164. The van der Waals surface area contributed by atoms with Crippen LogP contribution in [0.5, 0.6) is 0 Å². The predicted octanol–water partition coefficient (Wildman–Crippen LogP) is 3.88. The molecule has 0 saturated carbocycles. The summed E-state index contributed by atoms with van der Waals surface area (Å²) in [5.74, 6) is -0.975. The topological polar surface area (TPSA) is 92.8 Å². The Labute approximate surface area is 191 Å². The summed E-state index contributed by atoms with van der Waals surface area (Å²) in [4.78, 5) is 24.2. The number of anilines is 1. The fourth-order valence-corrected chi connectivity index (χ4v) is 4.35. The minimum absolute atomic E-state index is 0.0420. The van der Waals surface area contributed by atoms with E-state index in [0.717, 1.165) is 9.87 Å². The summed E-state index contributed by atoms with van der Waals surface area (Å²) in [5.41, 5.74) is 1.67. The van der Waals surface area contributed by atoms with Gasteiger partial charge in [0.15, 0.2) is 0 Å². The summed E-state index contributed by atoms with van der Waals surface area (Å²) >= 11 is 6.17. The molecule has 0 aliphatic heterocycles. The predicted molar refractivity (Wildman–Crippen MR) is 122 cm³/mol. The van der Waals surface area contributed by atoms with Crippen LogP contribution < -0.4 is 9.62 Å². The average molecular weight is 473 g/mol. The van der Waals surface area contributed by atoms with Crippen LogP contribution in [0.4, 0.5) is 5.69 Å². The van der Waals surface area contributed by atoms with Crippen LogP contribution in [0.1, 0.15) is 26.3 Å². The number of esters is 1. The minimum atomic E-state index is -3.90. The molecule has 0 aliphatic carbocycles. The number of rotatable bonds is 7. The number of nitrogens with zero attached hydrogens (tertiary/aromatic N) is 1. The van der Waals surface area contributed by atoms with Crippen molar-refractivity contribution in [3.8, 4) is 0 Å². The largest absolute Gasteiger partial charge is 0.465 e. The highest BCUT2D eigenvalue weighted by Gasteiger charge is 2.23. The van der Waals surface area contributed by atoms with E-state index in [9.17, 15) is 18.0 Å². The van der Waals surface area contributed by atoms with Crippen molar-refractivity contribution < 1.29 is 22.7 Å². The molecule has 1 N–H and O–H groups in total. The highest BCUT2D eigenvalue weighted by molar-refractivity contribution is 7.92. The number of carbonyl (C=O) groups is 2. The van der Waals surface area contributed by atoms with Gasteiger partial charge in [0.2, 0.25) is 0 Å². The first kappa shape index (κ1) is 23.3. The van der Waals surface area contributed by atoms with Crippen molar-refractivity contribution >= 4 is 39.2 Å². The lowest BCUT2D eigenvalue weighted by Gasteiger charge is -2.20. The zero-order valence-corrected chi connectivity index (χ0v) is 19.0. The lowest BCUT2D eigenvalue weighted by Crippen LogP contribution is -2.27. The van der Waals surface area contributed by atoms with E-state index in [2.05, 4.69) is 10.1 Å². The number of ether oxygens (including phenoxy) is 1. The number of hydrogen-bond acceptors (Lipinski definition) is 5. The first-order valence-corrected chi connectivity index (χ1v) is 11.3. The molecule has 0 spiro atoms. The van der Waals surface area contributed by atoms with Crippen molar-refractivity contribution in [2.24, 2.45) is 0 Å². The van der Waals surface area contributed by atoms with Crippen molar-refractivity contribution in [2.75, 3.05) is 18.5 Å². The lowest BCUT2D eigenvalue weighted by atomic mass is 10.1. The summed E-state index contributed by atoms with van der Waals surface area (Å²) < 4.78 is 31.8. The highest BCUT2D eigenvalue weighted by Crippen LogP contribution is 2.25. The summed E-state index contributed by atoms with van der Waals surface area (Å²) in [7, 11) is -1.16. The summed E-state index contributed by atoms with van der Waals surface area (Å²) in [6.07, 6.45) is 0. The molecule has 1 amide bonds. The maximum atomic E-state index is 13.0. The number of nitrogens with one attached hydrogen (secondary N) is 1. The van der Waals surface area contributed by atoms with Crippen LogP contribution >= 0.6 is 11.6 Å². The Balaban J connectivity index is 1.77. The fourth-order valence-electron chi connectivity index (χ4n) is 2.93. The minimum Gasteiger partial charge on any atom is -0.465 e. The van der Waals surface area contributed by atoms with Gasteiger partial charge in [0.1, 0.15) is 0 Å². The molecule has 3 aromatic rings. The molecule has 3 aromatic carbocycles. The van der Waals surface area contributed by atoms with E-state index < -0.39 is 21.9 Å². The van der Waals surface area contributed by atoms with Crippen LogP contribution in [0.2, 0.25) is 5.02 Å². The lowest BCUT2D eigenvalue weighted by molar-refractivity contribution is 0.0600. The molecule has 0 bridgehead atoms. The Morgan fingerprint density at radius 1 is 1.00 bits per heavy atom. The molecular formula is C23H21ClN2O5S. The first-order valence-electron chi connectivity index (χ1n) is 9.53. The molecule has 9 heteroatoms. The number of amides is 1. The quantitative estimate of drug-likeness (QED) is 0.527. The van der Waals surface area contributed by atoms with Gasteiger partial charge in [-0.25, -0.2) is 13.2 Å². The van der Waals surface area contributed by atoms with E-state index in [-0.39, 0.29) is 22.0 Å². The van der Waals surface area contributed by atoms with Crippen molar-refractivity contribution in [1.29, 1.82) is 0 Å². The number of methoxy groups -OCH3 is 1. The first-order chi connectivity index (χ1) is 15.2. The number of benzene rings is 3. The van der Waals surface area contributed by atoms with Crippen LogP contribution in [0.15, 0.2) is 77.7 Å². The van der Waals surface area contributed by atoms with E-state index in [1.165, 1.54) is 32.4 Å². The monoisotopic (exact) mass is 472 g/mol. The Morgan fingerprint density at radius 3 is 2.28 bits per heavy atom. The van der Waals surface area contributed by atoms with Crippen LogP contribution in [-0.4, -0.2) is 34.5 Å². The third-order valence-corrected chi connectivity index (χ3v) is 6.90. The van der Waals surface area contributed by atoms with Gasteiger partial charge in [-0.05, 0) is 48.0 Å². The molecular weight excluding hydrogens is 452 g/mol. The van der Waals surface area contributed by atoms with Gasteiger partial charge in [-0.1, -0.05) is 41.9 Å². The van der Waals surface area contributed by atoms with Gasteiger partial charge in [-0.15, -0.1) is 0 Å². The van der Waals surface area contributed by atoms with Gasteiger partial charge in [0.05, 0.1) is 33.8 Å². The molecule has 0 saturated heterocycles. The molecule has 0 atom stereocenters. The molecule has 0 fully saturated rings. The highest BCUT2D eigenvalue weighted by atomic mass is 35.5. The van der Waals surface area contributed by atoms with E-state index in [0.29, 0.717) is 11.3 Å². The SMILES string of the molecule is COC(=O)c1ccc(CNC(=O)c2cc(S(=O)(=O)N(C)c3ccccc3)ccc2Cl)cc1. The van der Waals surface area contributed by atoms with Gasteiger partial charge in [0.25, 0.3) is 15.9 Å². The number of sulfonamides is 1. The molecule has 166 valence electrons. The van der Waals surface area contributed by atoms with Crippen molar-refractivity contribution in [3.05, 3.63) is 94.5 Å². The maximum Gasteiger partial charge on any atom is 0.337 e. The van der Waals surface area contributed by atoms with Gasteiger partial charge in [-0.2, -0.15) is 0 Å². The Morgan fingerprint density at radius 2 is 1.66 bits per heavy atom. The average Bonchev–Trinajstić information content (AvgIpc) is 2.82. The van der Waals surface area contributed by atoms with Gasteiger partial charge < -0.3 is 10.1 Å². The fraction of sp³-hybridized carbons (Fsp3) is 0.130. The van der Waals surface area contributed by atoms with E-state index in [1.807, 2.05) is 0 Å². The normalized spacial score (nSPS) is 11.0. The Bertz CT molecular complexity index is 1230. The number of halogens is 1. The molecule has 0 aliphatic rings. The second kappa shape index (κ2) is 9.84. The van der Waals surface area contributed by atoms with Crippen molar-refractivity contribution in [2.45, 2.75) is 11.4 Å². The molecule has 0 unspecified atom stereocenters. The molecule has 3 rings (SSSR count). The van der Waals surface area contributed by atoms with Gasteiger partial charge >= 0.3 is 5.97 Å². The molecule has 0 aromatic heterocycles. The third-order valence-electron chi connectivity index (χ3n) is 4.79. The van der Waals surface area contributed by atoms with Crippen molar-refractivity contribution in [3.63, 3.8) is 0 Å². The zero-order valence-electron chi connectivity index (χ0n) is 17.4. The van der Waals surface area contributed by atoms with Crippen LogP contribution in [0, 0.1) is 0 Å². The molecule has 32 heavy (non-hydrogen) atoms. The third kappa shape index (κ3) is 5.09. The van der Waals surface area contributed by atoms with E-state index in [1.54, 1.807) is 54.6 Å². The van der Waals surface area contributed by atoms with Gasteiger partial charge in [0, 0.05) is 13.6 Å². The van der Waals surface area contributed by atoms with Crippen LogP contribution in [-0.2, 0) is 21.3 Å². The smallest absolute Gasteiger partial charge is 0.337 e. The number of para-hydroxylation sites is 1. The second-order valence-corrected chi connectivity index (χ2v) is 9.20. The Kier molecular flexibility index (Phi) is 7.17. The Hall–Kier alpha value is -3.36. The molecule has 7 nitrogen and oxygen atoms in total. The zero-order chi connectivity index (χ0) is 23.3. The van der Waals surface area contributed by atoms with Crippen molar-refractivity contribution in [1.82, 2.24) is 5.32 Å². The number of hydrogen-bond donors (Lipinski definition) is 1. The molecule has 0 heterocycles. The standard InChI is InChI=1S/C23H21ClN2O5S/c1-26(18-6-4-3-5-7-18)32(29,30)19-12-13-21(24)20(14-19)22(27)25-15-16-8-10-17(11-9-16)23(28)31-2/h3-14H,15H2,1-2H3,(H,25,27). The second-order valence-electron chi connectivity index (χ2n) is 6.82. The summed E-state index contributed by atoms with van der Waals surface area (Å²) in [5, 5.41) is 2.84. The van der Waals surface area contributed by atoms with E-state index in [4.69, 9.17) is 11.6 Å².